The van der Waals surface area contributed by atoms with Crippen LogP contribution in [0.3, 0.4) is 0 Å². The number of fused-ring (bicyclic) bond motifs is 1. The summed E-state index contributed by atoms with van der Waals surface area (Å²) in [5, 5.41) is 13.0. The van der Waals surface area contributed by atoms with Crippen LogP contribution in [0.4, 0.5) is 0 Å². The van der Waals surface area contributed by atoms with Crippen molar-refractivity contribution < 1.29 is 8.42 Å². The van der Waals surface area contributed by atoms with Crippen LogP contribution < -0.4 is 0 Å². The van der Waals surface area contributed by atoms with E-state index in [4.69, 9.17) is 4.98 Å². The van der Waals surface area contributed by atoms with Crippen molar-refractivity contribution in [2.45, 2.75) is 43.0 Å². The Hall–Kier alpha value is -3.22. The van der Waals surface area contributed by atoms with Crippen LogP contribution in [0.2, 0.25) is 0 Å². The summed E-state index contributed by atoms with van der Waals surface area (Å²) in [6.07, 6.45) is 10.2. The van der Waals surface area contributed by atoms with E-state index in [2.05, 4.69) is 43.2 Å². The van der Waals surface area contributed by atoms with Gasteiger partial charge in [-0.05, 0) is 75.6 Å². The summed E-state index contributed by atoms with van der Waals surface area (Å²) in [6, 6.07) is 7.15. The van der Waals surface area contributed by atoms with Crippen LogP contribution in [0.5, 0.6) is 0 Å². The van der Waals surface area contributed by atoms with Crippen LogP contribution in [0.25, 0.3) is 16.9 Å². The van der Waals surface area contributed by atoms with E-state index in [0.29, 0.717) is 48.2 Å². The molecule has 11 nitrogen and oxygen atoms in total. The van der Waals surface area contributed by atoms with Crippen LogP contribution in [-0.2, 0) is 16.4 Å². The minimum absolute atomic E-state index is 0.287. The maximum Gasteiger partial charge on any atom is 0.243 e. The fraction of sp³-hybridized carbons (Fsp3) is 0.458. The van der Waals surface area contributed by atoms with Crippen LogP contribution in [0.15, 0.2) is 47.8 Å². The highest BCUT2D eigenvalue weighted by Gasteiger charge is 2.27. The Balaban J connectivity index is 1.22. The number of rotatable bonds is 6. The lowest BCUT2D eigenvalue weighted by Crippen LogP contribution is -2.31. The number of sulfonamides is 1. The molecule has 2 aliphatic rings. The molecule has 0 bridgehead atoms. The van der Waals surface area contributed by atoms with Crippen molar-refractivity contribution in [1.82, 2.24) is 43.9 Å². The van der Waals surface area contributed by atoms with Gasteiger partial charge in [0.1, 0.15) is 5.82 Å². The maximum absolute atomic E-state index is 12.8. The predicted molar refractivity (Wildman–Crippen MR) is 133 cm³/mol. The second-order valence-electron chi connectivity index (χ2n) is 9.64. The normalized spacial score (nSPS) is 18.4. The smallest absolute Gasteiger partial charge is 0.243 e. The van der Waals surface area contributed by atoms with Crippen molar-refractivity contribution in [2.24, 2.45) is 0 Å². The van der Waals surface area contributed by atoms with E-state index < -0.39 is 10.0 Å². The highest BCUT2D eigenvalue weighted by molar-refractivity contribution is 7.89. The Morgan fingerprint density at radius 3 is 2.50 bits per heavy atom. The predicted octanol–water partition coefficient (Wildman–Crippen LogP) is 2.05. The summed E-state index contributed by atoms with van der Waals surface area (Å²) in [7, 11) is -1.31. The van der Waals surface area contributed by atoms with E-state index in [1.165, 1.54) is 0 Å². The van der Waals surface area contributed by atoms with Gasteiger partial charge in [0, 0.05) is 25.7 Å². The molecule has 2 fully saturated rings. The molecular formula is C24H29N9O2S. The average molecular weight is 508 g/mol. The van der Waals surface area contributed by atoms with Crippen LogP contribution >= 0.6 is 0 Å². The quantitative estimate of drug-likeness (QED) is 0.390. The molecule has 3 aromatic heterocycles. The Bertz CT molecular complexity index is 1470. The van der Waals surface area contributed by atoms with Crippen LogP contribution in [0, 0.1) is 0 Å². The summed E-state index contributed by atoms with van der Waals surface area (Å²) in [4.78, 5) is 11.8. The molecule has 4 aromatic rings. The topological polar surface area (TPSA) is 115 Å². The fourth-order valence-electron chi connectivity index (χ4n) is 4.97. The van der Waals surface area contributed by atoms with E-state index in [-0.39, 0.29) is 4.90 Å². The lowest BCUT2D eigenvalue weighted by molar-refractivity contribution is 0.212. The fourth-order valence-corrected chi connectivity index (χ4v) is 6.49. The second-order valence-corrected chi connectivity index (χ2v) is 11.6. The average Bonchev–Trinajstić information content (AvgIpc) is 3.66. The molecule has 0 unspecified atom stereocenters. The van der Waals surface area contributed by atoms with Crippen molar-refractivity contribution in [1.29, 1.82) is 0 Å². The number of likely N-dealkylation sites (tertiary alicyclic amines) is 1. The van der Waals surface area contributed by atoms with Crippen molar-refractivity contribution >= 4 is 21.2 Å². The van der Waals surface area contributed by atoms with Gasteiger partial charge in [0.25, 0.3) is 0 Å². The van der Waals surface area contributed by atoms with Gasteiger partial charge < -0.3 is 4.90 Å². The first-order valence-electron chi connectivity index (χ1n) is 12.4. The largest absolute Gasteiger partial charge is 0.306 e. The first-order valence-corrected chi connectivity index (χ1v) is 13.8. The van der Waals surface area contributed by atoms with Gasteiger partial charge in [0.05, 0.1) is 29.0 Å². The summed E-state index contributed by atoms with van der Waals surface area (Å²) >= 11 is 0. The molecule has 12 heteroatoms. The molecule has 36 heavy (non-hydrogen) atoms. The number of piperidine rings is 1. The number of benzene rings is 1. The van der Waals surface area contributed by atoms with E-state index >= 15 is 0 Å². The standard InChI is InChI=1S/C24H29N9O2S/c1-30-12-8-19(9-13-30)32-17-18(15-26-32)14-23-25-16-22-24(27-23)33(29-28-22)20-4-6-21(7-5-20)36(34,35)31-10-2-3-11-31/h4-7,15-17,19H,2-3,8-14H2,1H3. The minimum Gasteiger partial charge on any atom is -0.306 e. The highest BCUT2D eigenvalue weighted by atomic mass is 32.2. The van der Waals surface area contributed by atoms with Crippen molar-refractivity contribution in [3.05, 3.63) is 54.2 Å². The molecule has 0 saturated carbocycles. The lowest BCUT2D eigenvalue weighted by atomic mass is 10.1. The molecule has 2 saturated heterocycles. The molecule has 6 rings (SSSR count). The van der Waals surface area contributed by atoms with Crippen molar-refractivity contribution in [2.75, 3.05) is 33.2 Å². The molecule has 0 amide bonds. The zero-order valence-electron chi connectivity index (χ0n) is 20.2. The third kappa shape index (κ3) is 4.40. The summed E-state index contributed by atoms with van der Waals surface area (Å²) in [5.41, 5.74) is 2.91. The van der Waals surface area contributed by atoms with Gasteiger partial charge in [0.15, 0.2) is 11.2 Å². The van der Waals surface area contributed by atoms with Gasteiger partial charge in [-0.1, -0.05) is 5.21 Å². The van der Waals surface area contributed by atoms with Crippen LogP contribution in [-0.4, -0.2) is 85.6 Å². The van der Waals surface area contributed by atoms with Crippen molar-refractivity contribution in [3.63, 3.8) is 0 Å². The molecular weight excluding hydrogens is 478 g/mol. The van der Waals surface area contributed by atoms with E-state index in [1.54, 1.807) is 39.4 Å². The second kappa shape index (κ2) is 9.34. The Labute approximate surface area is 209 Å². The molecule has 0 atom stereocenters. The SMILES string of the molecule is CN1CCC(n2cc(Cc3ncc4nnn(-c5ccc(S(=O)(=O)N6CCCC6)cc5)c4n3)cn2)CC1. The monoisotopic (exact) mass is 507 g/mol. The van der Waals surface area contributed by atoms with Gasteiger partial charge >= 0.3 is 0 Å². The molecule has 0 spiro atoms. The first kappa shape index (κ1) is 23.2. The third-order valence-electron chi connectivity index (χ3n) is 7.11. The zero-order valence-corrected chi connectivity index (χ0v) is 21.0. The van der Waals surface area contributed by atoms with Gasteiger partial charge in [-0.25, -0.2) is 18.4 Å². The first-order chi connectivity index (χ1) is 17.5. The number of aromatic nitrogens is 7. The maximum atomic E-state index is 12.8. The van der Waals surface area contributed by atoms with Gasteiger partial charge in [-0.15, -0.1) is 5.10 Å². The number of hydrogen-bond donors (Lipinski definition) is 0. The Kier molecular flexibility index (Phi) is 6.02. The Morgan fingerprint density at radius 1 is 1.00 bits per heavy atom. The molecule has 0 radical (unpaired) electrons. The van der Waals surface area contributed by atoms with Gasteiger partial charge in [-0.2, -0.15) is 14.1 Å². The van der Waals surface area contributed by atoms with E-state index in [9.17, 15) is 8.42 Å². The third-order valence-corrected chi connectivity index (χ3v) is 9.02. The molecule has 0 N–H and O–H groups in total. The van der Waals surface area contributed by atoms with E-state index in [1.807, 2.05) is 6.20 Å². The molecule has 1 aromatic carbocycles. The molecule has 5 heterocycles. The van der Waals surface area contributed by atoms with Crippen LogP contribution in [0.1, 0.15) is 43.1 Å². The van der Waals surface area contributed by atoms with Gasteiger partial charge in [-0.3, -0.25) is 4.68 Å². The molecule has 2 aliphatic heterocycles. The summed E-state index contributed by atoms with van der Waals surface area (Å²) in [6.45, 7) is 3.33. The van der Waals surface area contributed by atoms with Gasteiger partial charge in [0.2, 0.25) is 10.0 Å². The van der Waals surface area contributed by atoms with Crippen molar-refractivity contribution in [3.8, 4) is 5.69 Å². The summed E-state index contributed by atoms with van der Waals surface area (Å²) < 4.78 is 30.9. The van der Waals surface area contributed by atoms with E-state index in [0.717, 1.165) is 44.3 Å². The number of nitrogens with zero attached hydrogens (tertiary/aromatic N) is 9. The molecule has 0 aliphatic carbocycles. The molecule has 188 valence electrons. The highest BCUT2D eigenvalue weighted by Crippen LogP contribution is 2.24. The zero-order chi connectivity index (χ0) is 24.7. The summed E-state index contributed by atoms with van der Waals surface area (Å²) in [5.74, 6) is 0.655. The minimum atomic E-state index is -3.47. The number of hydrogen-bond acceptors (Lipinski definition) is 8. The lowest BCUT2D eigenvalue weighted by Gasteiger charge is -2.28. The Morgan fingerprint density at radius 2 is 1.75 bits per heavy atom.